The number of halogens is 3. The van der Waals surface area contributed by atoms with E-state index in [-0.39, 0.29) is 17.3 Å². The van der Waals surface area contributed by atoms with Gasteiger partial charge in [0.2, 0.25) is 5.88 Å². The Bertz CT molecular complexity index is 660. The zero-order valence-corrected chi connectivity index (χ0v) is 9.98. The maximum atomic E-state index is 12.5. The Morgan fingerprint density at radius 1 is 1.20 bits per heavy atom. The Balaban J connectivity index is 2.23. The normalized spacial score (nSPS) is 10.9. The number of alkyl halides is 3. The first-order chi connectivity index (χ1) is 9.40. The lowest BCUT2D eigenvalue weighted by Crippen LogP contribution is -2.06. The summed E-state index contributed by atoms with van der Waals surface area (Å²) in [5.74, 6) is 0.200. The Kier molecular flexibility index (Phi) is 3.48. The van der Waals surface area contributed by atoms with Gasteiger partial charge in [0.25, 0.3) is 0 Å². The summed E-state index contributed by atoms with van der Waals surface area (Å²) >= 11 is 0. The van der Waals surface area contributed by atoms with Crippen LogP contribution in [0.15, 0.2) is 36.5 Å². The molecule has 0 spiro atoms. The van der Waals surface area contributed by atoms with Gasteiger partial charge in [-0.05, 0) is 24.3 Å². The van der Waals surface area contributed by atoms with E-state index in [0.29, 0.717) is 5.56 Å². The molecule has 2 aromatic rings. The number of rotatable bonds is 2. The van der Waals surface area contributed by atoms with Crippen molar-refractivity contribution in [3.8, 4) is 17.7 Å². The average Bonchev–Trinajstić information content (AvgIpc) is 2.41. The topological polar surface area (TPSA) is 71.9 Å². The van der Waals surface area contributed by atoms with Crippen LogP contribution >= 0.6 is 0 Å². The first-order valence-electron chi connectivity index (χ1n) is 5.41. The van der Waals surface area contributed by atoms with Gasteiger partial charge in [-0.3, -0.25) is 0 Å². The van der Waals surface area contributed by atoms with Crippen LogP contribution in [-0.4, -0.2) is 4.98 Å². The number of nitrogens with zero attached hydrogens (tertiary/aromatic N) is 2. The van der Waals surface area contributed by atoms with E-state index in [2.05, 4.69) is 4.98 Å². The van der Waals surface area contributed by atoms with Crippen molar-refractivity contribution in [3.05, 3.63) is 47.7 Å². The summed E-state index contributed by atoms with van der Waals surface area (Å²) in [6, 6.07) is 7.57. The van der Waals surface area contributed by atoms with E-state index in [4.69, 9.17) is 15.7 Å². The van der Waals surface area contributed by atoms with Gasteiger partial charge in [0.1, 0.15) is 6.07 Å². The highest BCUT2D eigenvalue weighted by atomic mass is 19.4. The molecule has 0 aliphatic rings. The zero-order valence-electron chi connectivity index (χ0n) is 9.98. The number of nitriles is 1. The van der Waals surface area contributed by atoms with Crippen molar-refractivity contribution in [1.82, 2.24) is 4.98 Å². The van der Waals surface area contributed by atoms with Gasteiger partial charge in [0.05, 0.1) is 16.8 Å². The molecule has 1 aromatic heterocycles. The van der Waals surface area contributed by atoms with Crippen LogP contribution in [-0.2, 0) is 6.18 Å². The second kappa shape index (κ2) is 5.09. The highest BCUT2D eigenvalue weighted by Gasteiger charge is 2.31. The molecule has 0 aliphatic carbocycles. The summed E-state index contributed by atoms with van der Waals surface area (Å²) in [6.07, 6.45) is -3.17. The van der Waals surface area contributed by atoms with E-state index < -0.39 is 11.7 Å². The van der Waals surface area contributed by atoms with Crippen LogP contribution in [0.4, 0.5) is 18.9 Å². The van der Waals surface area contributed by atoms with E-state index in [1.54, 1.807) is 0 Å². The molecule has 0 saturated carbocycles. The number of hydrogen-bond acceptors (Lipinski definition) is 4. The minimum atomic E-state index is -4.46. The van der Waals surface area contributed by atoms with Crippen LogP contribution in [0.1, 0.15) is 11.1 Å². The van der Waals surface area contributed by atoms with Crippen LogP contribution in [0.3, 0.4) is 0 Å². The summed E-state index contributed by atoms with van der Waals surface area (Å²) in [5, 5.41) is 8.61. The molecule has 0 atom stereocenters. The third-order valence-electron chi connectivity index (χ3n) is 2.42. The number of aromatic nitrogens is 1. The maximum Gasteiger partial charge on any atom is 0.416 e. The van der Waals surface area contributed by atoms with Gasteiger partial charge in [-0.15, -0.1) is 0 Å². The van der Waals surface area contributed by atoms with Crippen LogP contribution in [0.5, 0.6) is 11.6 Å². The van der Waals surface area contributed by atoms with E-state index in [1.807, 2.05) is 6.07 Å². The number of nitrogens with two attached hydrogens (primary N) is 1. The van der Waals surface area contributed by atoms with Crippen molar-refractivity contribution in [2.75, 3.05) is 5.73 Å². The van der Waals surface area contributed by atoms with Gasteiger partial charge in [0.15, 0.2) is 5.75 Å². The molecule has 0 amide bonds. The minimum Gasteiger partial charge on any atom is -0.437 e. The molecule has 0 bridgehead atoms. The van der Waals surface area contributed by atoms with Gasteiger partial charge in [-0.25, -0.2) is 4.98 Å². The summed E-state index contributed by atoms with van der Waals surface area (Å²) < 4.78 is 42.7. The molecule has 0 fully saturated rings. The van der Waals surface area contributed by atoms with Crippen LogP contribution in [0.25, 0.3) is 0 Å². The second-order valence-electron chi connectivity index (χ2n) is 3.85. The van der Waals surface area contributed by atoms with Crippen molar-refractivity contribution in [1.29, 1.82) is 5.26 Å². The second-order valence-corrected chi connectivity index (χ2v) is 3.85. The average molecular weight is 279 g/mol. The standard InChI is InChI=1S/C13H8F3N3O/c14-13(15,16)9-2-3-11(10(18)5-9)20-12-4-1-8(6-17)7-19-12/h1-5,7H,18H2. The number of benzene rings is 1. The first kappa shape index (κ1) is 13.7. The molecule has 7 heteroatoms. The molecule has 0 unspecified atom stereocenters. The fourth-order valence-corrected chi connectivity index (χ4v) is 1.44. The Morgan fingerprint density at radius 2 is 1.95 bits per heavy atom. The lowest BCUT2D eigenvalue weighted by atomic mass is 10.2. The smallest absolute Gasteiger partial charge is 0.416 e. The maximum absolute atomic E-state index is 12.5. The van der Waals surface area contributed by atoms with Gasteiger partial charge >= 0.3 is 6.18 Å². The molecule has 0 aliphatic heterocycles. The Labute approximate surface area is 112 Å². The molecule has 1 heterocycles. The monoisotopic (exact) mass is 279 g/mol. The zero-order chi connectivity index (χ0) is 14.8. The van der Waals surface area contributed by atoms with E-state index in [1.165, 1.54) is 18.3 Å². The lowest BCUT2D eigenvalue weighted by molar-refractivity contribution is -0.137. The SMILES string of the molecule is N#Cc1ccc(Oc2ccc(C(F)(F)F)cc2N)nc1. The van der Waals surface area contributed by atoms with Gasteiger partial charge in [0, 0.05) is 12.3 Å². The molecular weight excluding hydrogens is 271 g/mol. The minimum absolute atomic E-state index is 0.0650. The summed E-state index contributed by atoms with van der Waals surface area (Å²) in [6.45, 7) is 0. The summed E-state index contributed by atoms with van der Waals surface area (Å²) in [7, 11) is 0. The number of anilines is 1. The van der Waals surface area contributed by atoms with Crippen molar-refractivity contribution in [2.45, 2.75) is 6.18 Å². The van der Waals surface area contributed by atoms with Gasteiger partial charge in [-0.2, -0.15) is 18.4 Å². The van der Waals surface area contributed by atoms with Crippen LogP contribution < -0.4 is 10.5 Å². The molecular formula is C13H8F3N3O. The molecule has 102 valence electrons. The van der Waals surface area contributed by atoms with Crippen molar-refractivity contribution >= 4 is 5.69 Å². The third kappa shape index (κ3) is 2.98. The van der Waals surface area contributed by atoms with Crippen LogP contribution in [0, 0.1) is 11.3 Å². The van der Waals surface area contributed by atoms with E-state index in [9.17, 15) is 13.2 Å². The molecule has 1 aromatic carbocycles. The highest BCUT2D eigenvalue weighted by molar-refractivity contribution is 5.55. The molecule has 20 heavy (non-hydrogen) atoms. The fourth-order valence-electron chi connectivity index (χ4n) is 1.44. The fraction of sp³-hybridized carbons (Fsp3) is 0.0769. The van der Waals surface area contributed by atoms with Gasteiger partial charge < -0.3 is 10.5 Å². The molecule has 0 radical (unpaired) electrons. The third-order valence-corrected chi connectivity index (χ3v) is 2.42. The van der Waals surface area contributed by atoms with E-state index >= 15 is 0 Å². The molecule has 0 saturated heterocycles. The largest absolute Gasteiger partial charge is 0.437 e. The summed E-state index contributed by atoms with van der Waals surface area (Å²) in [4.78, 5) is 3.83. The quantitative estimate of drug-likeness (QED) is 0.856. The van der Waals surface area contributed by atoms with Crippen molar-refractivity contribution in [2.24, 2.45) is 0 Å². The molecule has 4 nitrogen and oxygen atoms in total. The van der Waals surface area contributed by atoms with Gasteiger partial charge in [-0.1, -0.05) is 0 Å². The Hall–Kier alpha value is -2.75. The summed E-state index contributed by atoms with van der Waals surface area (Å²) in [5.41, 5.74) is 4.86. The first-order valence-corrected chi connectivity index (χ1v) is 5.41. The van der Waals surface area contributed by atoms with E-state index in [0.717, 1.165) is 18.2 Å². The lowest BCUT2D eigenvalue weighted by Gasteiger charge is -2.11. The Morgan fingerprint density at radius 3 is 2.45 bits per heavy atom. The molecule has 2 rings (SSSR count). The van der Waals surface area contributed by atoms with Crippen molar-refractivity contribution in [3.63, 3.8) is 0 Å². The molecule has 2 N–H and O–H groups in total. The number of hydrogen-bond donors (Lipinski definition) is 1. The predicted octanol–water partition coefficient (Wildman–Crippen LogP) is 3.35. The van der Waals surface area contributed by atoms with Crippen molar-refractivity contribution < 1.29 is 17.9 Å². The number of pyridine rings is 1. The predicted molar refractivity (Wildman–Crippen MR) is 64.9 cm³/mol. The number of nitrogen functional groups attached to an aromatic ring is 1. The van der Waals surface area contributed by atoms with Crippen LogP contribution in [0.2, 0.25) is 0 Å². The number of ether oxygens (including phenoxy) is 1. The highest BCUT2D eigenvalue weighted by Crippen LogP contribution is 2.34.